The van der Waals surface area contributed by atoms with Crippen LogP contribution in [0.2, 0.25) is 0 Å². The standard InChI is InChI=1S/C32H36N4O3/c1-24(37)12-13-31(38)35-16-14-28(15-17-35)34-18-20-36(21-19-34)32(39)27-22-29(25-8-4-2-5-9-25)33-30(23-27)26-10-6-3-7-11-26/h2-11,22-23,28H,12-21H2,1H3. The summed E-state index contributed by atoms with van der Waals surface area (Å²) in [6.07, 6.45) is 2.51. The average molecular weight is 525 g/mol. The van der Waals surface area contributed by atoms with Gasteiger partial charge in [-0.1, -0.05) is 60.7 Å². The monoisotopic (exact) mass is 524 g/mol. The number of hydrogen-bond donors (Lipinski definition) is 0. The van der Waals surface area contributed by atoms with Gasteiger partial charge in [-0.2, -0.15) is 0 Å². The summed E-state index contributed by atoms with van der Waals surface area (Å²) >= 11 is 0. The van der Waals surface area contributed by atoms with Crippen molar-refractivity contribution >= 4 is 17.6 Å². The van der Waals surface area contributed by atoms with Crippen LogP contribution < -0.4 is 0 Å². The van der Waals surface area contributed by atoms with Crippen LogP contribution in [0.4, 0.5) is 0 Å². The smallest absolute Gasteiger partial charge is 0.254 e. The van der Waals surface area contributed by atoms with Gasteiger partial charge in [-0.05, 0) is 31.9 Å². The maximum atomic E-state index is 13.7. The number of nitrogens with zero attached hydrogens (tertiary/aromatic N) is 4. The minimum Gasteiger partial charge on any atom is -0.343 e. The SMILES string of the molecule is CC(=O)CCC(=O)N1CCC(N2CCN(C(=O)c3cc(-c4ccccc4)nc(-c4ccccc4)c3)CC2)CC1. The van der Waals surface area contributed by atoms with Crippen molar-refractivity contribution in [2.75, 3.05) is 39.3 Å². The number of pyridine rings is 1. The molecule has 202 valence electrons. The van der Waals surface area contributed by atoms with Crippen LogP contribution in [0, 0.1) is 0 Å². The fraction of sp³-hybridized carbons (Fsp3) is 0.375. The molecular weight excluding hydrogens is 488 g/mol. The highest BCUT2D eigenvalue weighted by Gasteiger charge is 2.30. The second kappa shape index (κ2) is 12.3. The van der Waals surface area contributed by atoms with Crippen molar-refractivity contribution in [3.63, 3.8) is 0 Å². The van der Waals surface area contributed by atoms with Crippen LogP contribution in [0.5, 0.6) is 0 Å². The summed E-state index contributed by atoms with van der Waals surface area (Å²) < 4.78 is 0. The van der Waals surface area contributed by atoms with E-state index in [9.17, 15) is 14.4 Å². The number of piperazine rings is 1. The Hall–Kier alpha value is -3.84. The number of ketones is 1. The zero-order valence-electron chi connectivity index (χ0n) is 22.6. The van der Waals surface area contributed by atoms with Crippen LogP contribution in [0.3, 0.4) is 0 Å². The summed E-state index contributed by atoms with van der Waals surface area (Å²) in [7, 11) is 0. The molecule has 2 aromatic carbocycles. The molecule has 0 radical (unpaired) electrons. The van der Waals surface area contributed by atoms with E-state index in [2.05, 4.69) is 4.90 Å². The van der Waals surface area contributed by atoms with Gasteiger partial charge in [-0.15, -0.1) is 0 Å². The summed E-state index contributed by atoms with van der Waals surface area (Å²) in [5, 5.41) is 0. The van der Waals surface area contributed by atoms with Gasteiger partial charge in [0.15, 0.2) is 0 Å². The van der Waals surface area contributed by atoms with Gasteiger partial charge in [0.1, 0.15) is 5.78 Å². The third kappa shape index (κ3) is 6.60. The van der Waals surface area contributed by atoms with Gasteiger partial charge >= 0.3 is 0 Å². The molecule has 3 aromatic rings. The number of carbonyl (C=O) groups is 3. The molecule has 3 heterocycles. The number of hydrogen-bond acceptors (Lipinski definition) is 5. The van der Waals surface area contributed by atoms with E-state index in [1.54, 1.807) is 0 Å². The lowest BCUT2D eigenvalue weighted by atomic mass is 10.0. The Morgan fingerprint density at radius 2 is 1.26 bits per heavy atom. The topological polar surface area (TPSA) is 73.8 Å². The molecule has 2 amide bonds. The molecule has 7 nitrogen and oxygen atoms in total. The number of benzene rings is 2. The summed E-state index contributed by atoms with van der Waals surface area (Å²) in [5.41, 5.74) is 4.22. The van der Waals surface area contributed by atoms with Crippen molar-refractivity contribution in [3.8, 4) is 22.5 Å². The Balaban J connectivity index is 1.23. The summed E-state index contributed by atoms with van der Waals surface area (Å²) in [6.45, 7) is 6.03. The van der Waals surface area contributed by atoms with Gasteiger partial charge < -0.3 is 14.6 Å². The maximum Gasteiger partial charge on any atom is 0.254 e. The van der Waals surface area contributed by atoms with Gasteiger partial charge in [0.2, 0.25) is 5.91 Å². The molecule has 39 heavy (non-hydrogen) atoms. The van der Waals surface area contributed by atoms with Crippen molar-refractivity contribution in [2.45, 2.75) is 38.6 Å². The fourth-order valence-electron chi connectivity index (χ4n) is 5.56. The molecule has 2 saturated heterocycles. The zero-order valence-corrected chi connectivity index (χ0v) is 22.6. The van der Waals surface area contributed by atoms with Gasteiger partial charge in [-0.25, -0.2) is 4.98 Å². The van der Waals surface area contributed by atoms with Gasteiger partial charge in [0, 0.05) is 74.8 Å². The van der Waals surface area contributed by atoms with E-state index < -0.39 is 0 Å². The predicted molar refractivity (Wildman–Crippen MR) is 152 cm³/mol. The normalized spacial score (nSPS) is 16.7. The summed E-state index contributed by atoms with van der Waals surface area (Å²) in [6, 6.07) is 24.2. The van der Waals surface area contributed by atoms with Gasteiger partial charge in [0.25, 0.3) is 5.91 Å². The first-order valence-electron chi connectivity index (χ1n) is 13.9. The van der Waals surface area contributed by atoms with Crippen LogP contribution in [0.25, 0.3) is 22.5 Å². The van der Waals surface area contributed by atoms with E-state index in [4.69, 9.17) is 4.98 Å². The number of amides is 2. The molecule has 2 aliphatic heterocycles. The van der Waals surface area contributed by atoms with E-state index in [-0.39, 0.29) is 17.6 Å². The van der Waals surface area contributed by atoms with E-state index >= 15 is 0 Å². The van der Waals surface area contributed by atoms with Gasteiger partial charge in [0.05, 0.1) is 11.4 Å². The van der Waals surface area contributed by atoms with E-state index in [1.165, 1.54) is 6.92 Å². The highest BCUT2D eigenvalue weighted by atomic mass is 16.2. The molecule has 0 saturated carbocycles. The summed E-state index contributed by atoms with van der Waals surface area (Å²) in [5.74, 6) is 0.184. The van der Waals surface area contributed by atoms with Crippen molar-refractivity contribution in [1.29, 1.82) is 0 Å². The van der Waals surface area contributed by atoms with E-state index in [1.807, 2.05) is 82.6 Å². The third-order valence-corrected chi connectivity index (χ3v) is 7.84. The number of likely N-dealkylation sites (tertiary alicyclic amines) is 1. The molecule has 5 rings (SSSR count). The first kappa shape index (κ1) is 26.8. The van der Waals surface area contributed by atoms with Crippen molar-refractivity contribution in [1.82, 2.24) is 19.7 Å². The molecule has 0 unspecified atom stereocenters. The first-order chi connectivity index (χ1) is 19.0. The largest absolute Gasteiger partial charge is 0.343 e. The molecular formula is C32H36N4O3. The molecule has 0 bridgehead atoms. The van der Waals surface area contributed by atoms with Crippen molar-refractivity contribution < 1.29 is 14.4 Å². The number of carbonyl (C=O) groups excluding carboxylic acids is 3. The van der Waals surface area contributed by atoms with E-state index in [0.29, 0.717) is 37.5 Å². The van der Waals surface area contributed by atoms with Crippen molar-refractivity contribution in [3.05, 3.63) is 78.4 Å². The lowest BCUT2D eigenvalue weighted by Crippen LogP contribution is -2.54. The number of Topliss-reactive ketones (excluding diaryl/α,β-unsaturated/α-hetero) is 1. The Morgan fingerprint density at radius 3 is 1.77 bits per heavy atom. The predicted octanol–water partition coefficient (Wildman–Crippen LogP) is 4.53. The summed E-state index contributed by atoms with van der Waals surface area (Å²) in [4.78, 5) is 48.5. The minimum absolute atomic E-state index is 0.0392. The lowest BCUT2D eigenvalue weighted by Gasteiger charge is -2.42. The molecule has 1 aromatic heterocycles. The quantitative estimate of drug-likeness (QED) is 0.454. The Bertz CT molecular complexity index is 1240. The molecule has 2 aliphatic rings. The molecule has 0 atom stereocenters. The molecule has 0 N–H and O–H groups in total. The second-order valence-electron chi connectivity index (χ2n) is 10.5. The van der Waals surface area contributed by atoms with E-state index in [0.717, 1.165) is 61.5 Å². The van der Waals surface area contributed by atoms with Gasteiger partial charge in [-0.3, -0.25) is 14.5 Å². The minimum atomic E-state index is 0.0392. The number of piperidine rings is 1. The zero-order chi connectivity index (χ0) is 27.2. The molecule has 0 spiro atoms. The molecule has 2 fully saturated rings. The number of aromatic nitrogens is 1. The second-order valence-corrected chi connectivity index (χ2v) is 10.5. The lowest BCUT2D eigenvalue weighted by molar-refractivity contribution is -0.134. The Kier molecular flexibility index (Phi) is 8.47. The third-order valence-electron chi connectivity index (χ3n) is 7.84. The number of rotatable bonds is 7. The van der Waals surface area contributed by atoms with Crippen LogP contribution in [0.1, 0.15) is 43.0 Å². The maximum absolute atomic E-state index is 13.7. The van der Waals surface area contributed by atoms with Crippen molar-refractivity contribution in [2.24, 2.45) is 0 Å². The molecule has 0 aliphatic carbocycles. The van der Waals surface area contributed by atoms with Crippen LogP contribution >= 0.6 is 0 Å². The first-order valence-corrected chi connectivity index (χ1v) is 13.9. The van der Waals surface area contributed by atoms with Crippen LogP contribution in [0.15, 0.2) is 72.8 Å². The Labute approximate surface area is 230 Å². The highest BCUT2D eigenvalue weighted by Crippen LogP contribution is 2.26. The highest BCUT2D eigenvalue weighted by molar-refractivity contribution is 5.96. The Morgan fingerprint density at radius 1 is 0.718 bits per heavy atom. The average Bonchev–Trinajstić information content (AvgIpc) is 3.00. The van der Waals surface area contributed by atoms with Crippen LogP contribution in [-0.4, -0.2) is 82.6 Å². The molecule has 7 heteroatoms. The fourth-order valence-corrected chi connectivity index (χ4v) is 5.56. The van der Waals surface area contributed by atoms with Crippen LogP contribution in [-0.2, 0) is 9.59 Å².